The maximum atomic E-state index is 12.4. The summed E-state index contributed by atoms with van der Waals surface area (Å²) in [6, 6.07) is 7.92. The zero-order valence-electron chi connectivity index (χ0n) is 19.8. The first kappa shape index (κ1) is 23.8. The molecule has 2 aromatic rings. The molecule has 1 amide bonds. The van der Waals surface area contributed by atoms with Gasteiger partial charge in [-0.2, -0.15) is 0 Å². The molecular weight excluding hydrogens is 406 g/mol. The second-order valence-electron chi connectivity index (χ2n) is 9.28. The molecule has 0 aromatic heterocycles. The highest BCUT2D eigenvalue weighted by atomic mass is 16.5. The van der Waals surface area contributed by atoms with E-state index in [2.05, 4.69) is 11.4 Å². The van der Waals surface area contributed by atoms with Gasteiger partial charge in [-0.15, -0.1) is 0 Å². The van der Waals surface area contributed by atoms with Gasteiger partial charge in [-0.1, -0.05) is 13.0 Å². The van der Waals surface area contributed by atoms with Gasteiger partial charge in [0.05, 0.1) is 12.2 Å². The number of fused-ring (bicyclic) bond motifs is 1. The van der Waals surface area contributed by atoms with Crippen LogP contribution in [-0.4, -0.2) is 29.2 Å². The molecule has 1 heterocycles. The minimum absolute atomic E-state index is 0.124. The van der Waals surface area contributed by atoms with Crippen molar-refractivity contribution >= 4 is 17.6 Å². The van der Waals surface area contributed by atoms with Gasteiger partial charge >= 0.3 is 5.97 Å². The molecule has 1 atom stereocenters. The van der Waals surface area contributed by atoms with Gasteiger partial charge in [0.25, 0.3) is 0 Å². The topological polar surface area (TPSA) is 84.9 Å². The van der Waals surface area contributed by atoms with E-state index in [1.54, 1.807) is 6.92 Å². The Hall–Kier alpha value is -2.86. The van der Waals surface area contributed by atoms with Crippen LogP contribution in [0, 0.1) is 13.8 Å². The third kappa shape index (κ3) is 5.13. The molecule has 0 aliphatic carbocycles. The van der Waals surface area contributed by atoms with Gasteiger partial charge in [0.1, 0.15) is 5.75 Å². The average Bonchev–Trinajstić information content (AvgIpc) is 2.73. The van der Waals surface area contributed by atoms with Crippen molar-refractivity contribution in [3.63, 3.8) is 0 Å². The van der Waals surface area contributed by atoms with Crippen molar-refractivity contribution in [2.24, 2.45) is 0 Å². The summed E-state index contributed by atoms with van der Waals surface area (Å²) in [7, 11) is 0. The third-order valence-electron chi connectivity index (χ3n) is 5.58. The van der Waals surface area contributed by atoms with Gasteiger partial charge in [0, 0.05) is 17.7 Å². The van der Waals surface area contributed by atoms with E-state index < -0.39 is 17.7 Å². The molecule has 172 valence electrons. The SMILES string of the molecule is CCC(=O)Nc1cc(C)c(-c2ccc3c(c2)CCCO3)c(C(OC(C)(C)C)C(=O)O)c1C. The predicted molar refractivity (Wildman–Crippen MR) is 125 cm³/mol. The normalized spacial score (nSPS) is 14.3. The first-order chi connectivity index (χ1) is 15.0. The second-order valence-corrected chi connectivity index (χ2v) is 9.28. The number of carboxylic acid groups (broad SMARTS) is 1. The summed E-state index contributed by atoms with van der Waals surface area (Å²) in [4.78, 5) is 24.5. The third-order valence-corrected chi connectivity index (χ3v) is 5.58. The lowest BCUT2D eigenvalue weighted by Gasteiger charge is -2.30. The van der Waals surface area contributed by atoms with Crippen LogP contribution in [0.4, 0.5) is 5.69 Å². The molecular formula is C26H33NO5. The van der Waals surface area contributed by atoms with Gasteiger partial charge in [-0.25, -0.2) is 4.79 Å². The van der Waals surface area contributed by atoms with Crippen LogP contribution >= 0.6 is 0 Å². The number of carbonyl (C=O) groups is 2. The van der Waals surface area contributed by atoms with Crippen LogP contribution < -0.4 is 10.1 Å². The Kier molecular flexibility index (Phi) is 6.94. The van der Waals surface area contributed by atoms with Gasteiger partial charge in [0.2, 0.25) is 5.91 Å². The maximum Gasteiger partial charge on any atom is 0.337 e. The molecule has 6 nitrogen and oxygen atoms in total. The summed E-state index contributed by atoms with van der Waals surface area (Å²) < 4.78 is 11.8. The van der Waals surface area contributed by atoms with Crippen molar-refractivity contribution < 1.29 is 24.2 Å². The van der Waals surface area contributed by atoms with Crippen LogP contribution in [0.15, 0.2) is 24.3 Å². The molecule has 1 aliphatic heterocycles. The van der Waals surface area contributed by atoms with E-state index in [0.717, 1.165) is 40.8 Å². The number of rotatable bonds is 6. The Balaban J connectivity index is 2.27. The molecule has 2 N–H and O–H groups in total. The lowest BCUT2D eigenvalue weighted by molar-refractivity contribution is -0.160. The van der Waals surface area contributed by atoms with Crippen LogP contribution in [0.3, 0.4) is 0 Å². The number of ether oxygens (including phenoxy) is 2. The molecule has 3 rings (SSSR count). The van der Waals surface area contributed by atoms with E-state index in [-0.39, 0.29) is 5.91 Å². The highest BCUT2D eigenvalue weighted by molar-refractivity contribution is 5.94. The Morgan fingerprint density at radius 3 is 2.56 bits per heavy atom. The fourth-order valence-corrected chi connectivity index (χ4v) is 4.12. The number of hydrogen-bond donors (Lipinski definition) is 2. The standard InChI is InChI=1S/C26H33NO5/c1-7-21(28)27-19-13-15(2)22(18-10-11-20-17(14-18)9-8-12-31-20)23(16(19)3)24(25(29)30)32-26(4,5)6/h10-11,13-14,24H,7-9,12H2,1-6H3,(H,27,28)(H,29,30). The van der Waals surface area contributed by atoms with E-state index in [4.69, 9.17) is 9.47 Å². The molecule has 32 heavy (non-hydrogen) atoms. The van der Waals surface area contributed by atoms with E-state index >= 15 is 0 Å². The van der Waals surface area contributed by atoms with E-state index in [1.807, 2.05) is 52.8 Å². The molecule has 1 aliphatic rings. The number of benzene rings is 2. The zero-order valence-corrected chi connectivity index (χ0v) is 19.8. The number of nitrogens with one attached hydrogen (secondary N) is 1. The molecule has 0 spiro atoms. The molecule has 1 unspecified atom stereocenters. The van der Waals surface area contributed by atoms with Crippen molar-refractivity contribution in [3.05, 3.63) is 46.5 Å². The lowest BCUT2D eigenvalue weighted by Crippen LogP contribution is -2.28. The smallest absolute Gasteiger partial charge is 0.337 e. The van der Waals surface area contributed by atoms with Crippen LogP contribution in [0.1, 0.15) is 68.9 Å². The van der Waals surface area contributed by atoms with Crippen molar-refractivity contribution in [2.45, 2.75) is 72.5 Å². The first-order valence-electron chi connectivity index (χ1n) is 11.1. The number of aliphatic carboxylic acids is 1. The fraction of sp³-hybridized carbons (Fsp3) is 0.462. The van der Waals surface area contributed by atoms with Crippen molar-refractivity contribution in [2.75, 3.05) is 11.9 Å². The number of carbonyl (C=O) groups excluding carboxylic acids is 1. The Labute approximate surface area is 189 Å². The molecule has 2 aromatic carbocycles. The summed E-state index contributed by atoms with van der Waals surface area (Å²) in [5.74, 6) is -0.312. The monoisotopic (exact) mass is 439 g/mol. The first-order valence-corrected chi connectivity index (χ1v) is 11.1. The van der Waals surface area contributed by atoms with Crippen LogP contribution in [0.2, 0.25) is 0 Å². The highest BCUT2D eigenvalue weighted by Gasteiger charge is 2.32. The molecule has 0 fully saturated rings. The number of aryl methyl sites for hydroxylation is 2. The number of anilines is 1. The minimum atomic E-state index is -1.19. The van der Waals surface area contributed by atoms with Crippen molar-refractivity contribution in [1.82, 2.24) is 0 Å². The number of hydrogen-bond acceptors (Lipinski definition) is 4. The number of amides is 1. The Morgan fingerprint density at radius 2 is 1.94 bits per heavy atom. The quantitative estimate of drug-likeness (QED) is 0.613. The van der Waals surface area contributed by atoms with Crippen molar-refractivity contribution in [3.8, 4) is 16.9 Å². The molecule has 0 saturated heterocycles. The van der Waals surface area contributed by atoms with Crippen LogP contribution in [-0.2, 0) is 20.7 Å². The lowest BCUT2D eigenvalue weighted by atomic mass is 9.86. The fourth-order valence-electron chi connectivity index (χ4n) is 4.12. The molecule has 6 heteroatoms. The second kappa shape index (κ2) is 9.33. The van der Waals surface area contributed by atoms with Gasteiger partial charge in [-0.3, -0.25) is 4.79 Å². The highest BCUT2D eigenvalue weighted by Crippen LogP contribution is 2.42. The van der Waals surface area contributed by atoms with Gasteiger partial charge in [-0.05, 0) is 93.5 Å². The molecule has 0 bridgehead atoms. The average molecular weight is 440 g/mol. The van der Waals surface area contributed by atoms with Crippen molar-refractivity contribution in [1.29, 1.82) is 0 Å². The van der Waals surface area contributed by atoms with Crippen LogP contribution in [0.25, 0.3) is 11.1 Å². The largest absolute Gasteiger partial charge is 0.493 e. The maximum absolute atomic E-state index is 12.4. The summed E-state index contributed by atoms with van der Waals surface area (Å²) >= 11 is 0. The summed E-state index contributed by atoms with van der Waals surface area (Å²) in [5, 5.41) is 13.1. The molecule has 0 saturated carbocycles. The minimum Gasteiger partial charge on any atom is -0.493 e. The Bertz CT molecular complexity index is 1040. The van der Waals surface area contributed by atoms with E-state index in [0.29, 0.717) is 29.8 Å². The molecule has 0 radical (unpaired) electrons. The Morgan fingerprint density at radius 1 is 1.22 bits per heavy atom. The summed E-state index contributed by atoms with van der Waals surface area (Å²) in [6.45, 7) is 11.8. The van der Waals surface area contributed by atoms with Crippen LogP contribution in [0.5, 0.6) is 5.75 Å². The van der Waals surface area contributed by atoms with E-state index in [1.165, 1.54) is 0 Å². The van der Waals surface area contributed by atoms with Gasteiger partial charge in [0.15, 0.2) is 6.10 Å². The predicted octanol–water partition coefficient (Wildman–Crippen LogP) is 5.58. The summed E-state index contributed by atoms with van der Waals surface area (Å²) in [6.07, 6.45) is 1.02. The van der Waals surface area contributed by atoms with Gasteiger partial charge < -0.3 is 19.9 Å². The zero-order chi connectivity index (χ0) is 23.6. The summed E-state index contributed by atoms with van der Waals surface area (Å²) in [5.41, 5.74) is 4.92. The number of carboxylic acids is 1. The van der Waals surface area contributed by atoms with E-state index in [9.17, 15) is 14.7 Å².